The second-order valence-electron chi connectivity index (χ2n) is 3.47. The highest BCUT2D eigenvalue weighted by molar-refractivity contribution is 5.52. The van der Waals surface area contributed by atoms with Crippen molar-refractivity contribution in [3.8, 4) is 5.75 Å². The first-order valence-corrected chi connectivity index (χ1v) is 4.22. The van der Waals surface area contributed by atoms with Gasteiger partial charge in [-0.15, -0.1) is 0 Å². The molecule has 1 nitrogen and oxygen atoms in total. The van der Waals surface area contributed by atoms with Gasteiger partial charge in [0.05, 0.1) is 0 Å². The number of hydrogen-bond donors (Lipinski definition) is 1. The van der Waals surface area contributed by atoms with E-state index >= 15 is 0 Å². The Morgan fingerprint density at radius 1 is 0.583 bits per heavy atom. The highest BCUT2D eigenvalue weighted by Gasteiger charge is 2.09. The van der Waals surface area contributed by atoms with Crippen LogP contribution >= 0.6 is 0 Å². The molecule has 0 unspecified atom stereocenters. The van der Waals surface area contributed by atoms with Gasteiger partial charge in [0.1, 0.15) is 5.75 Å². The summed E-state index contributed by atoms with van der Waals surface area (Å²) in [6.45, 7) is 10.1. The minimum absolute atomic E-state index is 0.454. The summed E-state index contributed by atoms with van der Waals surface area (Å²) in [6.07, 6.45) is 0. The lowest BCUT2D eigenvalue weighted by Crippen LogP contribution is -1.95. The first-order valence-electron chi connectivity index (χ1n) is 4.22. The van der Waals surface area contributed by atoms with Gasteiger partial charge < -0.3 is 5.11 Å². The Morgan fingerprint density at radius 2 is 0.833 bits per heavy atom. The standard InChI is InChI=1S/C11H16O/c1-6-7(2)9(4)11(12)10(5)8(6)3/h12H,1-5H3. The van der Waals surface area contributed by atoms with Gasteiger partial charge in [0.15, 0.2) is 0 Å². The van der Waals surface area contributed by atoms with Crippen molar-refractivity contribution in [3.63, 3.8) is 0 Å². The average Bonchev–Trinajstić information content (AvgIpc) is 2.08. The van der Waals surface area contributed by atoms with Gasteiger partial charge in [-0.1, -0.05) is 0 Å². The van der Waals surface area contributed by atoms with Gasteiger partial charge in [0.25, 0.3) is 0 Å². The molecule has 1 rings (SSSR count). The molecule has 12 heavy (non-hydrogen) atoms. The summed E-state index contributed by atoms with van der Waals surface area (Å²) in [7, 11) is 0. The van der Waals surface area contributed by atoms with Crippen LogP contribution in [-0.4, -0.2) is 5.11 Å². The minimum Gasteiger partial charge on any atom is -0.507 e. The molecule has 66 valence electrons. The molecule has 1 aromatic carbocycles. The molecule has 0 aromatic heterocycles. The summed E-state index contributed by atoms with van der Waals surface area (Å²) in [5.41, 5.74) is 5.72. The predicted octanol–water partition coefficient (Wildman–Crippen LogP) is 2.93. The van der Waals surface area contributed by atoms with Gasteiger partial charge in [-0.3, -0.25) is 0 Å². The van der Waals surface area contributed by atoms with Crippen molar-refractivity contribution in [2.24, 2.45) is 0 Å². The Bertz CT molecular complexity index is 219. The Hall–Kier alpha value is -0.980. The predicted molar refractivity (Wildman–Crippen MR) is 51.8 cm³/mol. The number of phenols is 1. The molecule has 0 saturated carbocycles. The van der Waals surface area contributed by atoms with Crippen LogP contribution in [0.3, 0.4) is 0 Å². The van der Waals surface area contributed by atoms with Crippen molar-refractivity contribution in [3.05, 3.63) is 27.8 Å². The molecule has 0 saturated heterocycles. The summed E-state index contributed by atoms with van der Waals surface area (Å²) in [4.78, 5) is 0. The van der Waals surface area contributed by atoms with Crippen LogP contribution in [-0.2, 0) is 0 Å². The Labute approximate surface area is 74.1 Å². The van der Waals surface area contributed by atoms with Crippen LogP contribution in [0.2, 0.25) is 0 Å². The minimum atomic E-state index is 0.454. The summed E-state index contributed by atoms with van der Waals surface area (Å²) < 4.78 is 0. The van der Waals surface area contributed by atoms with Crippen LogP contribution in [0.25, 0.3) is 0 Å². The molecule has 1 aromatic rings. The van der Waals surface area contributed by atoms with Gasteiger partial charge >= 0.3 is 0 Å². The average molecular weight is 164 g/mol. The zero-order valence-electron chi connectivity index (χ0n) is 8.45. The Balaban J connectivity index is 3.60. The molecule has 0 radical (unpaired) electrons. The molecule has 0 amide bonds. The lowest BCUT2D eigenvalue weighted by Gasteiger charge is -2.13. The van der Waals surface area contributed by atoms with Crippen LogP contribution in [0.15, 0.2) is 0 Å². The number of phenolic OH excluding ortho intramolecular Hbond substituents is 1. The molecular formula is C11H16O. The topological polar surface area (TPSA) is 20.2 Å². The molecule has 0 heterocycles. The SMILES string of the molecule is Cc1c(C)c(C)c(O)c(C)c1C. The Kier molecular flexibility index (Phi) is 2.14. The third kappa shape index (κ3) is 1.09. The first-order chi connectivity index (χ1) is 5.46. The van der Waals surface area contributed by atoms with E-state index in [0.717, 1.165) is 11.1 Å². The first kappa shape index (κ1) is 9.11. The number of benzene rings is 1. The summed E-state index contributed by atoms with van der Waals surface area (Å²) in [5, 5.41) is 9.69. The van der Waals surface area contributed by atoms with Crippen LogP contribution in [0, 0.1) is 34.6 Å². The fourth-order valence-corrected chi connectivity index (χ4v) is 1.48. The van der Waals surface area contributed by atoms with E-state index in [2.05, 4.69) is 20.8 Å². The molecular weight excluding hydrogens is 148 g/mol. The number of rotatable bonds is 0. The zero-order valence-corrected chi connectivity index (χ0v) is 8.45. The van der Waals surface area contributed by atoms with Crippen LogP contribution in [0.5, 0.6) is 5.75 Å². The maximum atomic E-state index is 9.69. The maximum Gasteiger partial charge on any atom is 0.121 e. The van der Waals surface area contributed by atoms with E-state index in [9.17, 15) is 5.11 Å². The van der Waals surface area contributed by atoms with E-state index < -0.39 is 0 Å². The summed E-state index contributed by atoms with van der Waals surface area (Å²) in [6, 6.07) is 0. The van der Waals surface area contributed by atoms with Crippen molar-refractivity contribution in [2.75, 3.05) is 0 Å². The second-order valence-corrected chi connectivity index (χ2v) is 3.47. The number of aromatic hydroxyl groups is 1. The van der Waals surface area contributed by atoms with Crippen molar-refractivity contribution in [1.29, 1.82) is 0 Å². The third-order valence-electron chi connectivity index (χ3n) is 2.96. The Morgan fingerprint density at radius 3 is 1.17 bits per heavy atom. The summed E-state index contributed by atoms with van der Waals surface area (Å²) >= 11 is 0. The molecule has 0 bridgehead atoms. The second kappa shape index (κ2) is 2.81. The fraction of sp³-hybridized carbons (Fsp3) is 0.455. The normalized spacial score (nSPS) is 10.4. The van der Waals surface area contributed by atoms with Crippen molar-refractivity contribution in [1.82, 2.24) is 0 Å². The fourth-order valence-electron chi connectivity index (χ4n) is 1.48. The molecule has 0 atom stereocenters. The van der Waals surface area contributed by atoms with E-state index in [1.54, 1.807) is 0 Å². The molecule has 0 aliphatic heterocycles. The van der Waals surface area contributed by atoms with E-state index in [1.807, 2.05) is 13.8 Å². The monoisotopic (exact) mass is 164 g/mol. The van der Waals surface area contributed by atoms with Gasteiger partial charge in [-0.25, -0.2) is 0 Å². The smallest absolute Gasteiger partial charge is 0.121 e. The number of hydrogen-bond acceptors (Lipinski definition) is 1. The molecule has 0 spiro atoms. The lowest BCUT2D eigenvalue weighted by atomic mass is 9.94. The molecule has 1 N–H and O–H groups in total. The van der Waals surface area contributed by atoms with Crippen LogP contribution in [0.1, 0.15) is 27.8 Å². The van der Waals surface area contributed by atoms with E-state index in [4.69, 9.17) is 0 Å². The third-order valence-corrected chi connectivity index (χ3v) is 2.96. The van der Waals surface area contributed by atoms with E-state index in [0.29, 0.717) is 5.75 Å². The van der Waals surface area contributed by atoms with E-state index in [-0.39, 0.29) is 0 Å². The maximum absolute atomic E-state index is 9.69. The van der Waals surface area contributed by atoms with Gasteiger partial charge in [-0.05, 0) is 62.4 Å². The molecule has 0 aliphatic rings. The molecule has 0 fully saturated rings. The highest BCUT2D eigenvalue weighted by atomic mass is 16.3. The van der Waals surface area contributed by atoms with Crippen LogP contribution < -0.4 is 0 Å². The largest absolute Gasteiger partial charge is 0.507 e. The highest BCUT2D eigenvalue weighted by Crippen LogP contribution is 2.30. The van der Waals surface area contributed by atoms with Gasteiger partial charge in [0.2, 0.25) is 0 Å². The van der Waals surface area contributed by atoms with Crippen molar-refractivity contribution in [2.45, 2.75) is 34.6 Å². The van der Waals surface area contributed by atoms with Gasteiger partial charge in [-0.2, -0.15) is 0 Å². The zero-order chi connectivity index (χ0) is 9.46. The molecule has 0 aliphatic carbocycles. The molecule has 1 heteroatoms. The quantitative estimate of drug-likeness (QED) is 0.625. The summed E-state index contributed by atoms with van der Waals surface area (Å²) in [5.74, 6) is 0.454. The van der Waals surface area contributed by atoms with Crippen molar-refractivity contribution < 1.29 is 5.11 Å². The van der Waals surface area contributed by atoms with E-state index in [1.165, 1.54) is 16.7 Å². The van der Waals surface area contributed by atoms with Crippen LogP contribution in [0.4, 0.5) is 0 Å². The van der Waals surface area contributed by atoms with Crippen molar-refractivity contribution >= 4 is 0 Å². The lowest BCUT2D eigenvalue weighted by molar-refractivity contribution is 0.465. The van der Waals surface area contributed by atoms with Gasteiger partial charge in [0, 0.05) is 0 Å².